The Morgan fingerprint density at radius 3 is 2.33 bits per heavy atom. The summed E-state index contributed by atoms with van der Waals surface area (Å²) in [4.78, 5) is 22.5. The van der Waals surface area contributed by atoms with E-state index in [1.807, 2.05) is 0 Å². The molecule has 0 aromatic heterocycles. The average Bonchev–Trinajstić information content (AvgIpc) is 2.47. The van der Waals surface area contributed by atoms with Crippen LogP contribution in [0.2, 0.25) is 0 Å². The molecule has 0 aliphatic heterocycles. The van der Waals surface area contributed by atoms with Crippen LogP contribution >= 0.6 is 0 Å². The standard InChI is InChI=1S/C15H15N3O5S/c1-9-3-5-12(24(16,22)23)8-13(9)17-15(19)11-4-6-14(18(20)21)10(2)7-11/h3-8H,1-2H3,(H,17,19)(H2,16,22,23). The molecule has 0 radical (unpaired) electrons. The van der Waals surface area contributed by atoms with E-state index in [1.54, 1.807) is 6.92 Å². The molecule has 1 amide bonds. The van der Waals surface area contributed by atoms with Crippen molar-refractivity contribution in [2.75, 3.05) is 5.32 Å². The van der Waals surface area contributed by atoms with Crippen molar-refractivity contribution in [3.63, 3.8) is 0 Å². The third-order valence-corrected chi connectivity index (χ3v) is 4.35. The van der Waals surface area contributed by atoms with Gasteiger partial charge in [0.25, 0.3) is 11.6 Å². The lowest BCUT2D eigenvalue weighted by atomic mass is 10.1. The molecule has 2 rings (SSSR count). The first-order valence-corrected chi connectivity index (χ1v) is 8.34. The van der Waals surface area contributed by atoms with Crippen LogP contribution in [0.3, 0.4) is 0 Å². The highest BCUT2D eigenvalue weighted by atomic mass is 32.2. The smallest absolute Gasteiger partial charge is 0.272 e. The summed E-state index contributed by atoms with van der Waals surface area (Å²) in [5.74, 6) is -0.511. The summed E-state index contributed by atoms with van der Waals surface area (Å²) >= 11 is 0. The number of rotatable bonds is 4. The molecule has 9 heteroatoms. The van der Waals surface area contributed by atoms with Gasteiger partial charge < -0.3 is 5.32 Å². The minimum absolute atomic E-state index is 0.0843. The Morgan fingerprint density at radius 2 is 1.79 bits per heavy atom. The molecule has 0 saturated carbocycles. The van der Waals surface area contributed by atoms with Crippen molar-refractivity contribution in [1.82, 2.24) is 0 Å². The molecule has 0 atom stereocenters. The van der Waals surface area contributed by atoms with Gasteiger partial charge in [-0.15, -0.1) is 0 Å². The Morgan fingerprint density at radius 1 is 1.12 bits per heavy atom. The Kier molecular flexibility index (Phi) is 4.67. The highest BCUT2D eigenvalue weighted by Crippen LogP contribution is 2.22. The van der Waals surface area contributed by atoms with E-state index in [4.69, 9.17) is 5.14 Å². The fourth-order valence-electron chi connectivity index (χ4n) is 2.11. The zero-order chi connectivity index (χ0) is 18.1. The van der Waals surface area contributed by atoms with Crippen LogP contribution in [0.25, 0.3) is 0 Å². The first-order valence-electron chi connectivity index (χ1n) is 6.79. The lowest BCUT2D eigenvalue weighted by molar-refractivity contribution is -0.385. The van der Waals surface area contributed by atoms with Gasteiger partial charge in [0.2, 0.25) is 10.0 Å². The lowest BCUT2D eigenvalue weighted by Gasteiger charge is -2.10. The third-order valence-electron chi connectivity index (χ3n) is 3.44. The topological polar surface area (TPSA) is 132 Å². The first kappa shape index (κ1) is 17.6. The molecule has 0 fully saturated rings. The molecule has 0 bridgehead atoms. The molecule has 0 spiro atoms. The van der Waals surface area contributed by atoms with E-state index in [0.717, 1.165) is 0 Å². The van der Waals surface area contributed by atoms with E-state index in [2.05, 4.69) is 5.32 Å². The fourth-order valence-corrected chi connectivity index (χ4v) is 2.65. The molecule has 0 saturated heterocycles. The Hall–Kier alpha value is -2.78. The molecular formula is C15H15N3O5S. The molecule has 0 unspecified atom stereocenters. The van der Waals surface area contributed by atoms with E-state index in [-0.39, 0.29) is 16.1 Å². The highest BCUT2D eigenvalue weighted by molar-refractivity contribution is 7.89. The number of hydrogen-bond donors (Lipinski definition) is 2. The summed E-state index contributed by atoms with van der Waals surface area (Å²) in [5.41, 5.74) is 1.43. The van der Waals surface area contributed by atoms with Crippen molar-refractivity contribution >= 4 is 27.3 Å². The molecule has 2 aromatic rings. The van der Waals surface area contributed by atoms with Crippen LogP contribution < -0.4 is 10.5 Å². The number of nitrogens with zero attached hydrogens (tertiary/aromatic N) is 1. The van der Waals surface area contributed by atoms with E-state index in [1.165, 1.54) is 43.3 Å². The summed E-state index contributed by atoms with van der Waals surface area (Å²) in [7, 11) is -3.89. The number of carbonyl (C=O) groups is 1. The first-order chi connectivity index (χ1) is 11.1. The largest absolute Gasteiger partial charge is 0.322 e. The Balaban J connectivity index is 2.33. The third kappa shape index (κ3) is 3.76. The van der Waals surface area contributed by atoms with Crippen molar-refractivity contribution in [1.29, 1.82) is 0 Å². The number of primary sulfonamides is 1. The molecule has 0 heterocycles. The normalized spacial score (nSPS) is 11.1. The molecule has 0 aliphatic rings. The molecule has 8 nitrogen and oxygen atoms in total. The van der Waals surface area contributed by atoms with Crippen LogP contribution in [-0.2, 0) is 10.0 Å². The van der Waals surface area contributed by atoms with Crippen molar-refractivity contribution < 1.29 is 18.1 Å². The van der Waals surface area contributed by atoms with Crippen LogP contribution in [0.1, 0.15) is 21.5 Å². The van der Waals surface area contributed by atoms with Gasteiger partial charge in [0.05, 0.1) is 9.82 Å². The highest BCUT2D eigenvalue weighted by Gasteiger charge is 2.16. The van der Waals surface area contributed by atoms with E-state index < -0.39 is 20.9 Å². The van der Waals surface area contributed by atoms with Gasteiger partial charge in [-0.1, -0.05) is 6.07 Å². The second-order valence-corrected chi connectivity index (χ2v) is 6.80. The van der Waals surface area contributed by atoms with Crippen molar-refractivity contribution in [3.8, 4) is 0 Å². The van der Waals surface area contributed by atoms with Gasteiger partial charge >= 0.3 is 0 Å². The summed E-state index contributed by atoms with van der Waals surface area (Å²) in [6.45, 7) is 3.23. The second kappa shape index (κ2) is 6.38. The maximum Gasteiger partial charge on any atom is 0.272 e. The predicted molar refractivity (Wildman–Crippen MR) is 88.3 cm³/mol. The number of amides is 1. The maximum atomic E-state index is 12.3. The Labute approximate surface area is 138 Å². The molecule has 2 aromatic carbocycles. The minimum atomic E-state index is -3.89. The SMILES string of the molecule is Cc1ccc(S(N)(=O)=O)cc1NC(=O)c1ccc([N+](=O)[O-])c(C)c1. The van der Waals surface area contributed by atoms with Crippen LogP contribution in [0, 0.1) is 24.0 Å². The second-order valence-electron chi connectivity index (χ2n) is 5.23. The quantitative estimate of drug-likeness (QED) is 0.644. The van der Waals surface area contributed by atoms with Crippen molar-refractivity contribution in [3.05, 3.63) is 63.2 Å². The number of anilines is 1. The van der Waals surface area contributed by atoms with Gasteiger partial charge in [0.15, 0.2) is 0 Å². The van der Waals surface area contributed by atoms with Gasteiger partial charge in [0.1, 0.15) is 0 Å². The average molecular weight is 349 g/mol. The maximum absolute atomic E-state index is 12.3. The zero-order valence-electron chi connectivity index (χ0n) is 12.9. The summed E-state index contributed by atoms with van der Waals surface area (Å²) in [6, 6.07) is 8.11. The summed E-state index contributed by atoms with van der Waals surface area (Å²) in [5, 5.41) is 18.5. The van der Waals surface area contributed by atoms with E-state index in [0.29, 0.717) is 16.8 Å². The van der Waals surface area contributed by atoms with Crippen molar-refractivity contribution in [2.24, 2.45) is 5.14 Å². The summed E-state index contributed by atoms with van der Waals surface area (Å²) < 4.78 is 22.8. The monoisotopic (exact) mass is 349 g/mol. The zero-order valence-corrected chi connectivity index (χ0v) is 13.8. The number of hydrogen-bond acceptors (Lipinski definition) is 5. The number of nitrogens with two attached hydrogens (primary N) is 1. The number of nitro groups is 1. The molecular weight excluding hydrogens is 334 g/mol. The molecule has 24 heavy (non-hydrogen) atoms. The minimum Gasteiger partial charge on any atom is -0.322 e. The number of carbonyl (C=O) groups excluding carboxylic acids is 1. The van der Waals surface area contributed by atoms with Gasteiger partial charge in [-0.05, 0) is 43.7 Å². The summed E-state index contributed by atoms with van der Waals surface area (Å²) in [6.07, 6.45) is 0. The lowest BCUT2D eigenvalue weighted by Crippen LogP contribution is -2.16. The number of aryl methyl sites for hydroxylation is 2. The number of sulfonamides is 1. The number of nitrogens with one attached hydrogen (secondary N) is 1. The van der Waals surface area contributed by atoms with E-state index in [9.17, 15) is 23.3 Å². The molecule has 126 valence electrons. The van der Waals surface area contributed by atoms with E-state index >= 15 is 0 Å². The van der Waals surface area contributed by atoms with Gasteiger partial charge in [-0.3, -0.25) is 14.9 Å². The molecule has 0 aliphatic carbocycles. The fraction of sp³-hybridized carbons (Fsp3) is 0.133. The number of nitro benzene ring substituents is 1. The van der Waals surface area contributed by atoms with Crippen LogP contribution in [0.4, 0.5) is 11.4 Å². The molecule has 3 N–H and O–H groups in total. The van der Waals surface area contributed by atoms with Crippen LogP contribution in [0.5, 0.6) is 0 Å². The van der Waals surface area contributed by atoms with Gasteiger partial charge in [-0.2, -0.15) is 0 Å². The predicted octanol–water partition coefficient (Wildman–Crippen LogP) is 2.11. The van der Waals surface area contributed by atoms with Gasteiger partial charge in [-0.25, -0.2) is 13.6 Å². The van der Waals surface area contributed by atoms with Crippen molar-refractivity contribution in [2.45, 2.75) is 18.7 Å². The van der Waals surface area contributed by atoms with Crippen LogP contribution in [-0.4, -0.2) is 19.2 Å². The van der Waals surface area contributed by atoms with Crippen LogP contribution in [0.15, 0.2) is 41.3 Å². The van der Waals surface area contributed by atoms with Gasteiger partial charge in [0, 0.05) is 22.9 Å². The Bertz CT molecular complexity index is 938. The number of benzene rings is 2.